The van der Waals surface area contributed by atoms with E-state index < -0.39 is 5.56 Å². The zero-order valence-corrected chi connectivity index (χ0v) is 9.03. The van der Waals surface area contributed by atoms with E-state index in [1.54, 1.807) is 24.5 Å². The molecule has 0 bridgehead atoms. The molecule has 0 aliphatic rings. The lowest BCUT2D eigenvalue weighted by Gasteiger charge is -2.02. The lowest BCUT2D eigenvalue weighted by Crippen LogP contribution is -2.18. The van der Waals surface area contributed by atoms with E-state index in [2.05, 4.69) is 20.2 Å². The first-order chi connectivity index (χ1) is 8.81. The number of pyridine rings is 1. The van der Waals surface area contributed by atoms with Crippen LogP contribution in [0, 0.1) is 11.3 Å². The van der Waals surface area contributed by atoms with E-state index in [-0.39, 0.29) is 5.56 Å². The van der Waals surface area contributed by atoms with Gasteiger partial charge in [-0.05, 0) is 12.1 Å². The van der Waals surface area contributed by atoms with Crippen molar-refractivity contribution in [2.45, 2.75) is 0 Å². The first kappa shape index (κ1) is 10.2. The van der Waals surface area contributed by atoms with E-state index in [0.717, 1.165) is 0 Å². The van der Waals surface area contributed by atoms with Crippen LogP contribution in [0.5, 0.6) is 0 Å². The van der Waals surface area contributed by atoms with E-state index in [9.17, 15) is 4.79 Å². The molecule has 0 unspecified atom stereocenters. The summed E-state index contributed by atoms with van der Waals surface area (Å²) in [4.78, 5) is 20.2. The van der Waals surface area contributed by atoms with Crippen molar-refractivity contribution in [1.82, 2.24) is 24.6 Å². The van der Waals surface area contributed by atoms with Crippen LogP contribution < -0.4 is 5.56 Å². The Morgan fingerprint density at radius 2 is 2.11 bits per heavy atom. The molecule has 3 aromatic rings. The van der Waals surface area contributed by atoms with Crippen LogP contribution in [-0.2, 0) is 0 Å². The monoisotopic (exact) mass is 238 g/mol. The predicted molar refractivity (Wildman–Crippen MR) is 61.6 cm³/mol. The normalized spacial score (nSPS) is 10.4. The van der Waals surface area contributed by atoms with Gasteiger partial charge in [0.2, 0.25) is 5.78 Å². The van der Waals surface area contributed by atoms with Crippen molar-refractivity contribution in [2.24, 2.45) is 0 Å². The molecule has 18 heavy (non-hydrogen) atoms. The standard InChI is InChI=1S/C11H6N6O/c12-5-8-9(7-1-3-13-4-2-7)15-11-16-14-6-17(11)10(8)18/h1-4,6H,(H,15,16). The minimum atomic E-state index is -0.442. The zero-order valence-electron chi connectivity index (χ0n) is 9.03. The van der Waals surface area contributed by atoms with Crippen molar-refractivity contribution >= 4 is 5.78 Å². The van der Waals surface area contributed by atoms with Gasteiger partial charge < -0.3 is 0 Å². The highest BCUT2D eigenvalue weighted by Gasteiger charge is 2.14. The summed E-state index contributed by atoms with van der Waals surface area (Å²) in [6.45, 7) is 0. The first-order valence-corrected chi connectivity index (χ1v) is 5.07. The van der Waals surface area contributed by atoms with Gasteiger partial charge in [-0.2, -0.15) is 10.4 Å². The minimum Gasteiger partial charge on any atom is -0.267 e. The molecule has 1 N–H and O–H groups in total. The van der Waals surface area contributed by atoms with E-state index >= 15 is 0 Å². The molecular weight excluding hydrogens is 232 g/mol. The molecule has 0 aliphatic carbocycles. The second-order valence-electron chi connectivity index (χ2n) is 3.54. The molecule has 0 radical (unpaired) electrons. The van der Waals surface area contributed by atoms with Crippen molar-refractivity contribution in [3.05, 3.63) is 46.8 Å². The average Bonchev–Trinajstić information content (AvgIpc) is 2.88. The highest BCUT2D eigenvalue weighted by molar-refractivity contribution is 5.67. The Bertz CT molecular complexity index is 811. The quantitative estimate of drug-likeness (QED) is 0.659. The maximum absolute atomic E-state index is 12.0. The predicted octanol–water partition coefficient (Wildman–Crippen LogP) is 0.351. The summed E-state index contributed by atoms with van der Waals surface area (Å²) >= 11 is 0. The summed E-state index contributed by atoms with van der Waals surface area (Å²) in [6, 6.07) is 5.27. The number of rotatable bonds is 1. The van der Waals surface area contributed by atoms with Crippen LogP contribution in [0.4, 0.5) is 0 Å². The smallest absolute Gasteiger partial charge is 0.267 e. The van der Waals surface area contributed by atoms with Gasteiger partial charge in [0.25, 0.3) is 5.56 Å². The highest BCUT2D eigenvalue weighted by atomic mass is 16.1. The van der Waals surface area contributed by atoms with E-state index in [1.807, 2.05) is 6.07 Å². The summed E-state index contributed by atoms with van der Waals surface area (Å²) in [6.07, 6.45) is 4.45. The minimum absolute atomic E-state index is 0.0138. The number of hydrogen-bond acceptors (Lipinski definition) is 5. The van der Waals surface area contributed by atoms with Crippen LogP contribution in [0.25, 0.3) is 17.0 Å². The molecule has 0 saturated carbocycles. The summed E-state index contributed by atoms with van der Waals surface area (Å²) in [5, 5.41) is 15.4. The third kappa shape index (κ3) is 1.36. The van der Waals surface area contributed by atoms with Crippen molar-refractivity contribution in [2.75, 3.05) is 0 Å². The lowest BCUT2D eigenvalue weighted by molar-refractivity contribution is 1.04. The molecule has 0 spiro atoms. The molecule has 0 fully saturated rings. The Morgan fingerprint density at radius 3 is 2.83 bits per heavy atom. The number of nitriles is 1. The van der Waals surface area contributed by atoms with Gasteiger partial charge in [0.15, 0.2) is 0 Å². The fraction of sp³-hybridized carbons (Fsp3) is 0. The van der Waals surface area contributed by atoms with Gasteiger partial charge in [-0.3, -0.25) is 9.78 Å². The van der Waals surface area contributed by atoms with Gasteiger partial charge in [-0.15, -0.1) is 0 Å². The van der Waals surface area contributed by atoms with Gasteiger partial charge in [0, 0.05) is 18.0 Å². The molecule has 3 rings (SSSR count). The van der Waals surface area contributed by atoms with Crippen molar-refractivity contribution in [1.29, 1.82) is 5.26 Å². The van der Waals surface area contributed by atoms with Crippen LogP contribution in [0.15, 0.2) is 35.6 Å². The molecule has 86 valence electrons. The number of nitrogens with zero attached hydrogens (tertiary/aromatic N) is 5. The molecule has 0 amide bonds. The van der Waals surface area contributed by atoms with Crippen molar-refractivity contribution in [3.8, 4) is 17.3 Å². The number of aromatic nitrogens is 5. The maximum atomic E-state index is 12.0. The molecule has 3 heterocycles. The van der Waals surface area contributed by atoms with E-state index in [4.69, 9.17) is 5.26 Å². The van der Waals surface area contributed by atoms with Crippen molar-refractivity contribution < 1.29 is 0 Å². The fourth-order valence-electron chi connectivity index (χ4n) is 1.68. The van der Waals surface area contributed by atoms with Gasteiger partial charge >= 0.3 is 0 Å². The van der Waals surface area contributed by atoms with Crippen LogP contribution in [0.1, 0.15) is 5.56 Å². The number of hydrogen-bond donors (Lipinski definition) is 1. The van der Waals surface area contributed by atoms with Crippen LogP contribution >= 0.6 is 0 Å². The molecule has 3 aromatic heterocycles. The molecule has 0 atom stereocenters. The van der Waals surface area contributed by atoms with Crippen molar-refractivity contribution in [3.63, 3.8) is 0 Å². The van der Waals surface area contributed by atoms with E-state index in [0.29, 0.717) is 17.0 Å². The van der Waals surface area contributed by atoms with Gasteiger partial charge in [-0.25, -0.2) is 14.5 Å². The third-order valence-corrected chi connectivity index (χ3v) is 2.52. The van der Waals surface area contributed by atoms with Crippen LogP contribution in [-0.4, -0.2) is 24.6 Å². The third-order valence-electron chi connectivity index (χ3n) is 2.52. The molecule has 0 saturated heterocycles. The van der Waals surface area contributed by atoms with Gasteiger partial charge in [-0.1, -0.05) is 0 Å². The molecule has 7 nitrogen and oxygen atoms in total. The molecule has 7 heteroatoms. The summed E-state index contributed by atoms with van der Waals surface area (Å²) in [7, 11) is 0. The lowest BCUT2D eigenvalue weighted by atomic mass is 10.1. The number of aromatic amines is 1. The Morgan fingerprint density at radius 1 is 1.33 bits per heavy atom. The largest absolute Gasteiger partial charge is 0.278 e. The fourth-order valence-corrected chi connectivity index (χ4v) is 1.68. The van der Waals surface area contributed by atoms with Gasteiger partial charge in [0.1, 0.15) is 18.0 Å². The number of fused-ring (bicyclic) bond motifs is 1. The average molecular weight is 238 g/mol. The second kappa shape index (κ2) is 3.78. The topological polar surface area (TPSA) is 99.7 Å². The van der Waals surface area contributed by atoms with E-state index in [1.165, 1.54) is 10.7 Å². The zero-order chi connectivity index (χ0) is 12.5. The van der Waals surface area contributed by atoms with Crippen LogP contribution in [0.3, 0.4) is 0 Å². The Hall–Kier alpha value is -3.01. The molecule has 0 aliphatic heterocycles. The Kier molecular flexibility index (Phi) is 2.13. The maximum Gasteiger partial charge on any atom is 0.278 e. The summed E-state index contributed by atoms with van der Waals surface area (Å²) < 4.78 is 1.20. The first-order valence-electron chi connectivity index (χ1n) is 5.07. The summed E-state index contributed by atoms with van der Waals surface area (Å²) in [5.74, 6) is 0.297. The highest BCUT2D eigenvalue weighted by Crippen LogP contribution is 2.17. The number of nitrogens with one attached hydrogen (secondary N) is 1. The number of H-pyrrole nitrogens is 1. The van der Waals surface area contributed by atoms with Gasteiger partial charge in [0.05, 0.1) is 5.69 Å². The SMILES string of the molecule is N#Cc1c(-c2ccncc2)nc2[nH]ncn2c1=O. The Balaban J connectivity index is 2.43. The molecule has 0 aromatic carbocycles. The second-order valence-corrected chi connectivity index (χ2v) is 3.54. The van der Waals surface area contributed by atoms with Crippen LogP contribution in [0.2, 0.25) is 0 Å². The Labute approximate surface area is 100 Å². The summed E-state index contributed by atoms with van der Waals surface area (Å²) in [5.41, 5.74) is 0.535. The molecular formula is C11H6N6O.